The fourth-order valence-electron chi connectivity index (χ4n) is 2.67. The molecule has 0 spiro atoms. The van der Waals surface area contributed by atoms with Gasteiger partial charge in [0, 0.05) is 24.5 Å². The first-order chi connectivity index (χ1) is 12.1. The van der Waals surface area contributed by atoms with Crippen molar-refractivity contribution in [3.05, 3.63) is 76.5 Å². The third-order valence-electron chi connectivity index (χ3n) is 4.06. The summed E-state index contributed by atoms with van der Waals surface area (Å²) < 4.78 is 7.40. The first kappa shape index (κ1) is 17.4. The van der Waals surface area contributed by atoms with Crippen molar-refractivity contribution in [2.45, 2.75) is 25.5 Å². The van der Waals surface area contributed by atoms with Crippen LogP contribution in [0.3, 0.4) is 0 Å². The fourth-order valence-corrected chi connectivity index (χ4v) is 3.50. The molecule has 0 bridgehead atoms. The molecule has 0 fully saturated rings. The lowest BCUT2D eigenvalue weighted by Crippen LogP contribution is -2.38. The van der Waals surface area contributed by atoms with Gasteiger partial charge in [-0.2, -0.15) is 0 Å². The van der Waals surface area contributed by atoms with E-state index in [1.54, 1.807) is 36.5 Å². The minimum atomic E-state index is -1.78. The van der Waals surface area contributed by atoms with Crippen molar-refractivity contribution in [1.29, 1.82) is 0 Å². The second-order valence-corrected chi connectivity index (χ2v) is 6.66. The SMILES string of the molecule is Cc1nccn1CCCOC(=O)C(O)(c1ccccc1)c1cccs1. The smallest absolute Gasteiger partial charge is 0.348 e. The standard InChI is InChI=1S/C19H20N2O3S/c1-15-20-10-12-21(15)11-6-13-24-18(22)19(23,17-9-5-14-25-17)16-7-3-2-4-8-16/h2-5,7-10,12,14,23H,6,11,13H2,1H3. The number of carbonyl (C=O) groups is 1. The Balaban J connectivity index is 1.69. The highest BCUT2D eigenvalue weighted by Gasteiger charge is 2.42. The number of thiophene rings is 1. The lowest BCUT2D eigenvalue weighted by molar-refractivity contribution is -0.162. The number of aromatic nitrogens is 2. The number of imidazole rings is 1. The third kappa shape index (κ3) is 3.65. The minimum Gasteiger partial charge on any atom is -0.463 e. The Morgan fingerprint density at radius 2 is 2.08 bits per heavy atom. The molecule has 1 atom stereocenters. The van der Waals surface area contributed by atoms with Crippen molar-refractivity contribution >= 4 is 17.3 Å². The van der Waals surface area contributed by atoms with Gasteiger partial charge in [0.1, 0.15) is 5.82 Å². The molecule has 1 aromatic carbocycles. The first-order valence-electron chi connectivity index (χ1n) is 8.09. The van der Waals surface area contributed by atoms with Gasteiger partial charge < -0.3 is 14.4 Å². The summed E-state index contributed by atoms with van der Waals surface area (Å²) in [6, 6.07) is 12.4. The number of aliphatic hydroxyl groups is 1. The van der Waals surface area contributed by atoms with Gasteiger partial charge in [-0.3, -0.25) is 0 Å². The number of aryl methyl sites for hydroxylation is 2. The highest BCUT2D eigenvalue weighted by Crippen LogP contribution is 2.34. The number of ether oxygens (including phenoxy) is 1. The Hall–Kier alpha value is -2.44. The molecule has 2 heterocycles. The van der Waals surface area contributed by atoms with E-state index in [0.29, 0.717) is 23.4 Å². The van der Waals surface area contributed by atoms with Gasteiger partial charge in [-0.25, -0.2) is 9.78 Å². The number of hydrogen-bond donors (Lipinski definition) is 1. The molecule has 0 saturated heterocycles. The zero-order valence-corrected chi connectivity index (χ0v) is 14.8. The minimum absolute atomic E-state index is 0.233. The second kappa shape index (κ2) is 7.63. The quantitative estimate of drug-likeness (QED) is 0.522. The Labute approximate surface area is 150 Å². The average Bonchev–Trinajstić information content (AvgIpc) is 3.31. The van der Waals surface area contributed by atoms with Gasteiger partial charge in [0.05, 0.1) is 11.5 Å². The van der Waals surface area contributed by atoms with Crippen molar-refractivity contribution < 1.29 is 14.6 Å². The van der Waals surface area contributed by atoms with Crippen LogP contribution < -0.4 is 0 Å². The summed E-state index contributed by atoms with van der Waals surface area (Å²) in [5, 5.41) is 13.0. The van der Waals surface area contributed by atoms with Crippen molar-refractivity contribution in [3.8, 4) is 0 Å². The lowest BCUT2D eigenvalue weighted by atomic mass is 9.92. The molecule has 3 aromatic rings. The van der Waals surface area contributed by atoms with Crippen LogP contribution in [0.25, 0.3) is 0 Å². The van der Waals surface area contributed by atoms with Crippen LogP contribution in [0.4, 0.5) is 0 Å². The largest absolute Gasteiger partial charge is 0.463 e. The number of carbonyl (C=O) groups excluding carboxylic acids is 1. The van der Waals surface area contributed by atoms with Crippen LogP contribution in [0.2, 0.25) is 0 Å². The van der Waals surface area contributed by atoms with Gasteiger partial charge in [0.15, 0.2) is 0 Å². The molecule has 6 heteroatoms. The van der Waals surface area contributed by atoms with Gasteiger partial charge >= 0.3 is 5.97 Å². The van der Waals surface area contributed by atoms with Crippen LogP contribution >= 0.6 is 11.3 Å². The van der Waals surface area contributed by atoms with E-state index in [-0.39, 0.29) is 6.61 Å². The fraction of sp³-hybridized carbons (Fsp3) is 0.263. The molecule has 1 N–H and O–H groups in total. The Bertz CT molecular complexity index is 814. The Kier molecular flexibility index (Phi) is 5.31. The normalized spacial score (nSPS) is 13.4. The maximum Gasteiger partial charge on any atom is 0.348 e. The number of benzene rings is 1. The van der Waals surface area contributed by atoms with E-state index in [1.807, 2.05) is 35.2 Å². The summed E-state index contributed by atoms with van der Waals surface area (Å²) in [6.07, 6.45) is 4.29. The number of nitrogens with zero attached hydrogens (tertiary/aromatic N) is 2. The van der Waals surface area contributed by atoms with Crippen LogP contribution in [-0.2, 0) is 21.7 Å². The zero-order chi connectivity index (χ0) is 17.7. The van der Waals surface area contributed by atoms with Crippen LogP contribution in [0.15, 0.2) is 60.2 Å². The van der Waals surface area contributed by atoms with Crippen LogP contribution in [-0.4, -0.2) is 27.2 Å². The van der Waals surface area contributed by atoms with Crippen molar-refractivity contribution in [2.24, 2.45) is 0 Å². The highest BCUT2D eigenvalue weighted by molar-refractivity contribution is 7.10. The van der Waals surface area contributed by atoms with Crippen LogP contribution in [0, 0.1) is 6.92 Å². The molecule has 0 aliphatic carbocycles. The number of rotatable bonds is 7. The lowest BCUT2D eigenvalue weighted by Gasteiger charge is -2.25. The maximum absolute atomic E-state index is 12.7. The van der Waals surface area contributed by atoms with Crippen molar-refractivity contribution in [1.82, 2.24) is 9.55 Å². The maximum atomic E-state index is 12.7. The van der Waals surface area contributed by atoms with Gasteiger partial charge in [-0.05, 0) is 24.8 Å². The molecule has 0 aliphatic heterocycles. The highest BCUT2D eigenvalue weighted by atomic mass is 32.1. The molecule has 0 radical (unpaired) electrons. The van der Waals surface area contributed by atoms with E-state index in [2.05, 4.69) is 4.98 Å². The summed E-state index contributed by atoms with van der Waals surface area (Å²) in [5.41, 5.74) is -1.27. The van der Waals surface area contributed by atoms with Crippen molar-refractivity contribution in [2.75, 3.05) is 6.61 Å². The first-order valence-corrected chi connectivity index (χ1v) is 8.97. The average molecular weight is 356 g/mol. The van der Waals surface area contributed by atoms with E-state index >= 15 is 0 Å². The predicted molar refractivity (Wildman–Crippen MR) is 96.3 cm³/mol. The van der Waals surface area contributed by atoms with E-state index < -0.39 is 11.6 Å². The molecule has 0 saturated carbocycles. The Morgan fingerprint density at radius 3 is 2.72 bits per heavy atom. The summed E-state index contributed by atoms with van der Waals surface area (Å²) in [7, 11) is 0. The molecule has 3 rings (SSSR count). The molecule has 25 heavy (non-hydrogen) atoms. The zero-order valence-electron chi connectivity index (χ0n) is 14.0. The van der Waals surface area contributed by atoms with Crippen LogP contribution in [0.1, 0.15) is 22.7 Å². The van der Waals surface area contributed by atoms with Gasteiger partial charge in [-0.15, -0.1) is 11.3 Å². The molecule has 2 aromatic heterocycles. The molecular formula is C19H20N2O3S. The summed E-state index contributed by atoms with van der Waals surface area (Å²) in [4.78, 5) is 17.4. The Morgan fingerprint density at radius 1 is 1.28 bits per heavy atom. The summed E-state index contributed by atoms with van der Waals surface area (Å²) in [5.74, 6) is 0.272. The van der Waals surface area contributed by atoms with E-state index in [4.69, 9.17) is 4.74 Å². The molecule has 1 unspecified atom stereocenters. The van der Waals surface area contributed by atoms with Crippen LogP contribution in [0.5, 0.6) is 0 Å². The van der Waals surface area contributed by atoms with Gasteiger partial charge in [0.25, 0.3) is 0 Å². The number of esters is 1. The molecular weight excluding hydrogens is 336 g/mol. The molecule has 130 valence electrons. The molecule has 0 amide bonds. The van der Waals surface area contributed by atoms with E-state index in [9.17, 15) is 9.90 Å². The monoisotopic (exact) mass is 356 g/mol. The topological polar surface area (TPSA) is 64.4 Å². The second-order valence-electron chi connectivity index (χ2n) is 5.71. The molecule has 0 aliphatic rings. The van der Waals surface area contributed by atoms with Gasteiger partial charge in [0.2, 0.25) is 5.60 Å². The van der Waals surface area contributed by atoms with E-state index in [0.717, 1.165) is 5.82 Å². The predicted octanol–water partition coefficient (Wildman–Crippen LogP) is 3.12. The third-order valence-corrected chi connectivity index (χ3v) is 5.04. The number of hydrogen-bond acceptors (Lipinski definition) is 5. The van der Waals surface area contributed by atoms with Gasteiger partial charge in [-0.1, -0.05) is 36.4 Å². The summed E-state index contributed by atoms with van der Waals surface area (Å²) in [6.45, 7) is 2.87. The van der Waals surface area contributed by atoms with Crippen molar-refractivity contribution in [3.63, 3.8) is 0 Å². The van der Waals surface area contributed by atoms with E-state index in [1.165, 1.54) is 11.3 Å². The molecule has 5 nitrogen and oxygen atoms in total. The summed E-state index contributed by atoms with van der Waals surface area (Å²) >= 11 is 1.33.